The van der Waals surface area contributed by atoms with E-state index in [0.717, 1.165) is 5.33 Å². The fourth-order valence-electron chi connectivity index (χ4n) is 1.17. The second-order valence-corrected chi connectivity index (χ2v) is 5.99. The first-order valence-electron chi connectivity index (χ1n) is 5.15. The van der Waals surface area contributed by atoms with Crippen LogP contribution in [0.2, 0.25) is 0 Å². The predicted molar refractivity (Wildman–Crippen MR) is 74.0 cm³/mol. The molecular weight excluding hydrogens is 353 g/mol. The molecule has 0 spiro atoms. The molecule has 0 radical (unpaired) electrons. The van der Waals surface area contributed by atoms with Gasteiger partial charge in [0.25, 0.3) is 5.91 Å². The molecule has 1 aromatic carbocycles. The van der Waals surface area contributed by atoms with Gasteiger partial charge in [-0.15, -0.1) is 0 Å². The average molecular weight is 367 g/mol. The normalized spacial score (nSPS) is 11.4. The Kier molecular flexibility index (Phi) is 5.13. The average Bonchev–Trinajstić information content (AvgIpc) is 2.26. The molecule has 1 aromatic rings. The SMILES string of the molecule is CC(C)(CBr)CNC(=O)c1c(F)cccc1Br. The lowest BCUT2D eigenvalue weighted by molar-refractivity contribution is 0.0935. The highest BCUT2D eigenvalue weighted by atomic mass is 79.9. The second kappa shape index (κ2) is 5.96. The van der Waals surface area contributed by atoms with Crippen LogP contribution in [0.4, 0.5) is 4.39 Å². The standard InChI is InChI=1S/C12H14Br2FNO/c1-12(2,6-13)7-16-11(17)10-8(14)4-3-5-9(10)15/h3-5H,6-7H2,1-2H3,(H,16,17). The number of amides is 1. The number of hydrogen-bond donors (Lipinski definition) is 1. The summed E-state index contributed by atoms with van der Waals surface area (Å²) in [6, 6.07) is 4.47. The first kappa shape index (κ1) is 14.6. The van der Waals surface area contributed by atoms with Crippen LogP contribution in [0.5, 0.6) is 0 Å². The van der Waals surface area contributed by atoms with Gasteiger partial charge >= 0.3 is 0 Å². The van der Waals surface area contributed by atoms with Crippen molar-refractivity contribution in [3.63, 3.8) is 0 Å². The Morgan fingerprint density at radius 1 is 1.47 bits per heavy atom. The summed E-state index contributed by atoms with van der Waals surface area (Å²) >= 11 is 6.55. The van der Waals surface area contributed by atoms with Crippen molar-refractivity contribution in [3.8, 4) is 0 Å². The molecule has 0 aliphatic heterocycles. The number of nitrogens with one attached hydrogen (secondary N) is 1. The Bertz CT molecular complexity index is 401. The molecule has 0 bridgehead atoms. The van der Waals surface area contributed by atoms with Gasteiger partial charge in [-0.05, 0) is 33.5 Å². The van der Waals surface area contributed by atoms with Gasteiger partial charge in [0.15, 0.2) is 0 Å². The van der Waals surface area contributed by atoms with Crippen LogP contribution in [0.1, 0.15) is 24.2 Å². The maximum atomic E-state index is 13.5. The minimum Gasteiger partial charge on any atom is -0.351 e. The maximum Gasteiger partial charge on any atom is 0.255 e. The molecule has 5 heteroatoms. The van der Waals surface area contributed by atoms with Gasteiger partial charge in [-0.3, -0.25) is 4.79 Å². The number of hydrogen-bond acceptors (Lipinski definition) is 1. The van der Waals surface area contributed by atoms with E-state index >= 15 is 0 Å². The van der Waals surface area contributed by atoms with Gasteiger partial charge in [-0.25, -0.2) is 4.39 Å². The number of benzene rings is 1. The molecule has 0 unspecified atom stereocenters. The van der Waals surface area contributed by atoms with E-state index in [-0.39, 0.29) is 11.0 Å². The van der Waals surface area contributed by atoms with Crippen molar-refractivity contribution in [1.29, 1.82) is 0 Å². The summed E-state index contributed by atoms with van der Waals surface area (Å²) in [6.45, 7) is 4.51. The fraction of sp³-hybridized carbons (Fsp3) is 0.417. The summed E-state index contributed by atoms with van der Waals surface area (Å²) in [6.07, 6.45) is 0. The van der Waals surface area contributed by atoms with Crippen LogP contribution in [-0.4, -0.2) is 17.8 Å². The van der Waals surface area contributed by atoms with Gasteiger partial charge in [-0.1, -0.05) is 35.8 Å². The molecule has 0 aliphatic rings. The number of alkyl halides is 1. The smallest absolute Gasteiger partial charge is 0.255 e. The van der Waals surface area contributed by atoms with E-state index in [0.29, 0.717) is 11.0 Å². The first-order valence-corrected chi connectivity index (χ1v) is 7.07. The number of carbonyl (C=O) groups is 1. The van der Waals surface area contributed by atoms with Gasteiger partial charge in [0.05, 0.1) is 5.56 Å². The minimum absolute atomic E-state index is 0.0536. The maximum absolute atomic E-state index is 13.5. The highest BCUT2D eigenvalue weighted by Crippen LogP contribution is 2.21. The molecule has 0 saturated heterocycles. The van der Waals surface area contributed by atoms with Crippen LogP contribution in [0, 0.1) is 11.2 Å². The summed E-state index contributed by atoms with van der Waals surface area (Å²) in [5, 5.41) is 3.50. The molecule has 94 valence electrons. The van der Waals surface area contributed by atoms with Gasteiger partial charge in [0.1, 0.15) is 5.82 Å². The largest absolute Gasteiger partial charge is 0.351 e. The van der Waals surface area contributed by atoms with Crippen LogP contribution in [0.15, 0.2) is 22.7 Å². The minimum atomic E-state index is -0.520. The van der Waals surface area contributed by atoms with E-state index in [4.69, 9.17) is 0 Å². The first-order chi connectivity index (χ1) is 7.87. The molecule has 1 amide bonds. The third-order valence-corrected chi connectivity index (χ3v) is 4.46. The lowest BCUT2D eigenvalue weighted by Crippen LogP contribution is -2.35. The Hall–Kier alpha value is -0.420. The highest BCUT2D eigenvalue weighted by Gasteiger charge is 2.20. The summed E-state index contributed by atoms with van der Waals surface area (Å²) in [4.78, 5) is 11.9. The molecule has 0 fully saturated rings. The van der Waals surface area contributed by atoms with E-state index in [2.05, 4.69) is 37.2 Å². The van der Waals surface area contributed by atoms with E-state index in [1.165, 1.54) is 6.07 Å². The Morgan fingerprint density at radius 2 is 2.12 bits per heavy atom. The molecule has 0 aliphatic carbocycles. The quantitative estimate of drug-likeness (QED) is 0.808. The molecule has 0 atom stereocenters. The highest BCUT2D eigenvalue weighted by molar-refractivity contribution is 9.10. The summed E-state index contributed by atoms with van der Waals surface area (Å²) in [7, 11) is 0. The molecule has 17 heavy (non-hydrogen) atoms. The van der Waals surface area contributed by atoms with E-state index < -0.39 is 11.7 Å². The van der Waals surface area contributed by atoms with Crippen molar-refractivity contribution in [1.82, 2.24) is 5.32 Å². The predicted octanol–water partition coefficient (Wildman–Crippen LogP) is 3.74. The van der Waals surface area contributed by atoms with Gasteiger partial charge in [-0.2, -0.15) is 0 Å². The molecule has 0 heterocycles. The third-order valence-electron chi connectivity index (χ3n) is 2.28. The van der Waals surface area contributed by atoms with Crippen molar-refractivity contribution >= 4 is 37.8 Å². The Labute approximate surface area is 117 Å². The number of rotatable bonds is 4. The van der Waals surface area contributed by atoms with E-state index in [1.807, 2.05) is 13.8 Å². The zero-order valence-electron chi connectivity index (χ0n) is 9.69. The second-order valence-electron chi connectivity index (χ2n) is 4.58. The molecule has 2 nitrogen and oxygen atoms in total. The van der Waals surface area contributed by atoms with Gasteiger partial charge < -0.3 is 5.32 Å². The van der Waals surface area contributed by atoms with Crippen LogP contribution >= 0.6 is 31.9 Å². The van der Waals surface area contributed by atoms with Crippen molar-refractivity contribution in [3.05, 3.63) is 34.1 Å². The molecule has 0 aromatic heterocycles. The van der Waals surface area contributed by atoms with E-state index in [1.54, 1.807) is 12.1 Å². The Balaban J connectivity index is 2.78. The summed E-state index contributed by atoms with van der Waals surface area (Å²) in [5.41, 5.74) is -0.00852. The van der Waals surface area contributed by atoms with Crippen LogP contribution in [0.3, 0.4) is 0 Å². The Morgan fingerprint density at radius 3 is 2.65 bits per heavy atom. The number of carbonyl (C=O) groups excluding carboxylic acids is 1. The monoisotopic (exact) mass is 365 g/mol. The molecule has 1 N–H and O–H groups in total. The third kappa shape index (κ3) is 4.07. The van der Waals surface area contributed by atoms with Gasteiger partial charge in [0.2, 0.25) is 0 Å². The lowest BCUT2D eigenvalue weighted by atomic mass is 9.97. The van der Waals surface area contributed by atoms with Crippen LogP contribution in [-0.2, 0) is 0 Å². The fourth-order valence-corrected chi connectivity index (χ4v) is 1.89. The van der Waals surface area contributed by atoms with Crippen molar-refractivity contribution in [2.45, 2.75) is 13.8 Å². The van der Waals surface area contributed by atoms with Crippen molar-refractivity contribution < 1.29 is 9.18 Å². The lowest BCUT2D eigenvalue weighted by Gasteiger charge is -2.22. The number of halogens is 3. The zero-order valence-corrected chi connectivity index (χ0v) is 12.9. The molecule has 1 rings (SSSR count). The molecule has 0 saturated carbocycles. The summed E-state index contributed by atoms with van der Waals surface area (Å²) in [5.74, 6) is -0.919. The molecular formula is C12H14Br2FNO. The zero-order chi connectivity index (χ0) is 13.1. The van der Waals surface area contributed by atoms with Crippen molar-refractivity contribution in [2.75, 3.05) is 11.9 Å². The van der Waals surface area contributed by atoms with Crippen LogP contribution < -0.4 is 5.32 Å². The summed E-state index contributed by atoms with van der Waals surface area (Å²) < 4.78 is 14.0. The van der Waals surface area contributed by atoms with Crippen LogP contribution in [0.25, 0.3) is 0 Å². The topological polar surface area (TPSA) is 29.1 Å². The van der Waals surface area contributed by atoms with Gasteiger partial charge in [0, 0.05) is 16.3 Å². The van der Waals surface area contributed by atoms with E-state index in [9.17, 15) is 9.18 Å². The van der Waals surface area contributed by atoms with Crippen molar-refractivity contribution in [2.24, 2.45) is 5.41 Å².